The van der Waals surface area contributed by atoms with Crippen LogP contribution in [0.4, 0.5) is 30.2 Å². The maximum atomic E-state index is 12.8. The van der Waals surface area contributed by atoms with Gasteiger partial charge in [0.25, 0.3) is 0 Å². The second-order valence-corrected chi connectivity index (χ2v) is 5.69. The number of hydrazone groups is 1. The molecule has 1 aromatic heterocycles. The van der Waals surface area contributed by atoms with E-state index in [0.717, 1.165) is 5.56 Å². The third kappa shape index (κ3) is 4.09. The van der Waals surface area contributed by atoms with Gasteiger partial charge < -0.3 is 0 Å². The summed E-state index contributed by atoms with van der Waals surface area (Å²) < 4.78 is 38.4. The molecule has 1 N–H and O–H groups in total. The number of aryl methyl sites for hydroxylation is 1. The largest absolute Gasteiger partial charge is 0.416 e. The maximum Gasteiger partial charge on any atom is 0.416 e. The summed E-state index contributed by atoms with van der Waals surface area (Å²) in [5, 5.41) is 27.5. The number of nitrogens with one attached hydrogen (secondary N) is 1. The molecule has 0 saturated heterocycles. The molecule has 0 bridgehead atoms. The first-order chi connectivity index (χ1) is 11.6. The third-order valence-corrected chi connectivity index (χ3v) is 4.03. The van der Waals surface area contributed by atoms with Gasteiger partial charge in [-0.3, -0.25) is 25.7 Å². The molecular formula is C13H9F3N4O4S. The smallest absolute Gasteiger partial charge is 0.266 e. The Hall–Kier alpha value is -3.02. The molecule has 0 aliphatic heterocycles. The standard InChI is InChI=1S/C13H9F3N4O4S/c1-7-2-3-25-11(7)6-17-18-12-9(19(21)22)4-8(13(14,15)16)5-10(12)20(23)24/h2-6,18H,1H3/b17-6+. The van der Waals surface area contributed by atoms with Crippen molar-refractivity contribution in [3.05, 3.63) is 59.8 Å². The van der Waals surface area contributed by atoms with Gasteiger partial charge in [-0.1, -0.05) is 0 Å². The van der Waals surface area contributed by atoms with Crippen molar-refractivity contribution in [3.8, 4) is 0 Å². The molecule has 8 nitrogen and oxygen atoms in total. The van der Waals surface area contributed by atoms with Crippen molar-refractivity contribution in [2.45, 2.75) is 13.1 Å². The first-order valence-electron chi connectivity index (χ1n) is 6.48. The first kappa shape index (κ1) is 18.3. The van der Waals surface area contributed by atoms with E-state index in [1.54, 1.807) is 18.4 Å². The monoisotopic (exact) mass is 374 g/mol. The van der Waals surface area contributed by atoms with Gasteiger partial charge in [0.1, 0.15) is 0 Å². The molecule has 132 valence electrons. The maximum absolute atomic E-state index is 12.8. The quantitative estimate of drug-likeness (QED) is 0.475. The van der Waals surface area contributed by atoms with E-state index >= 15 is 0 Å². The molecule has 2 aromatic rings. The molecule has 0 radical (unpaired) electrons. The van der Waals surface area contributed by atoms with Crippen molar-refractivity contribution in [1.82, 2.24) is 0 Å². The predicted octanol–water partition coefficient (Wildman–Crippen LogP) is 4.34. The zero-order chi connectivity index (χ0) is 18.8. The van der Waals surface area contributed by atoms with Gasteiger partial charge in [0.05, 0.1) is 21.6 Å². The Labute approximate surface area is 141 Å². The van der Waals surface area contributed by atoms with Crippen LogP contribution in [0.1, 0.15) is 16.0 Å². The van der Waals surface area contributed by atoms with Crippen LogP contribution in [0, 0.1) is 27.2 Å². The van der Waals surface area contributed by atoms with Gasteiger partial charge in [-0.15, -0.1) is 11.3 Å². The Kier molecular flexibility index (Phi) is 5.02. The fourth-order valence-corrected chi connectivity index (χ4v) is 2.64. The number of nitro groups is 2. The van der Waals surface area contributed by atoms with Gasteiger partial charge >= 0.3 is 17.6 Å². The highest BCUT2D eigenvalue weighted by Gasteiger charge is 2.37. The van der Waals surface area contributed by atoms with Crippen LogP contribution in [0.3, 0.4) is 0 Å². The summed E-state index contributed by atoms with van der Waals surface area (Å²) in [6, 6.07) is 2.23. The lowest BCUT2D eigenvalue weighted by Gasteiger charge is -2.09. The fraction of sp³-hybridized carbons (Fsp3) is 0.154. The van der Waals surface area contributed by atoms with Gasteiger partial charge in [0, 0.05) is 17.0 Å². The number of hydrogen-bond acceptors (Lipinski definition) is 7. The summed E-state index contributed by atoms with van der Waals surface area (Å²) in [7, 11) is 0. The lowest BCUT2D eigenvalue weighted by molar-refractivity contribution is -0.392. The van der Waals surface area contributed by atoms with Crippen LogP contribution >= 0.6 is 11.3 Å². The van der Waals surface area contributed by atoms with Crippen LogP contribution in [0.2, 0.25) is 0 Å². The second-order valence-electron chi connectivity index (χ2n) is 4.74. The van der Waals surface area contributed by atoms with Crippen molar-refractivity contribution in [2.24, 2.45) is 5.10 Å². The number of alkyl halides is 3. The molecule has 0 atom stereocenters. The van der Waals surface area contributed by atoms with Gasteiger partial charge in [0.2, 0.25) is 5.69 Å². The van der Waals surface area contributed by atoms with E-state index < -0.39 is 38.6 Å². The minimum atomic E-state index is -4.97. The third-order valence-electron chi connectivity index (χ3n) is 3.08. The van der Waals surface area contributed by atoms with Crippen molar-refractivity contribution < 1.29 is 23.0 Å². The van der Waals surface area contributed by atoms with Crippen LogP contribution in [0.5, 0.6) is 0 Å². The van der Waals surface area contributed by atoms with E-state index in [1.165, 1.54) is 17.6 Å². The van der Waals surface area contributed by atoms with E-state index in [-0.39, 0.29) is 12.1 Å². The molecular weight excluding hydrogens is 365 g/mol. The van der Waals surface area contributed by atoms with E-state index in [4.69, 9.17) is 0 Å². The average molecular weight is 374 g/mol. The van der Waals surface area contributed by atoms with Crippen molar-refractivity contribution >= 4 is 34.6 Å². The molecule has 0 aliphatic rings. The lowest BCUT2D eigenvalue weighted by atomic mass is 10.1. The van der Waals surface area contributed by atoms with Crippen LogP contribution in [0.15, 0.2) is 28.7 Å². The zero-order valence-corrected chi connectivity index (χ0v) is 13.2. The van der Waals surface area contributed by atoms with E-state index in [2.05, 4.69) is 10.5 Å². The molecule has 25 heavy (non-hydrogen) atoms. The highest BCUT2D eigenvalue weighted by Crippen LogP contribution is 2.41. The predicted molar refractivity (Wildman–Crippen MR) is 85.0 cm³/mol. The fourth-order valence-electron chi connectivity index (χ4n) is 1.85. The first-order valence-corrected chi connectivity index (χ1v) is 7.36. The molecule has 0 amide bonds. The number of nitro benzene ring substituents is 2. The van der Waals surface area contributed by atoms with Gasteiger partial charge in [-0.25, -0.2) is 0 Å². The Morgan fingerprint density at radius 2 is 1.76 bits per heavy atom. The number of anilines is 1. The number of nitrogens with zero attached hydrogens (tertiary/aromatic N) is 3. The minimum Gasteiger partial charge on any atom is -0.266 e. The van der Waals surface area contributed by atoms with Crippen LogP contribution in [-0.2, 0) is 6.18 Å². The van der Waals surface area contributed by atoms with Crippen LogP contribution < -0.4 is 5.43 Å². The van der Waals surface area contributed by atoms with Crippen LogP contribution in [-0.4, -0.2) is 16.1 Å². The van der Waals surface area contributed by atoms with Gasteiger partial charge in [0.15, 0.2) is 0 Å². The molecule has 0 saturated carbocycles. The number of halogens is 3. The Morgan fingerprint density at radius 3 is 2.16 bits per heavy atom. The highest BCUT2D eigenvalue weighted by atomic mass is 32.1. The molecule has 1 aromatic carbocycles. The molecule has 0 aliphatic carbocycles. The van der Waals surface area contributed by atoms with Gasteiger partial charge in [-0.05, 0) is 23.9 Å². The number of rotatable bonds is 5. The minimum absolute atomic E-state index is 0.223. The zero-order valence-electron chi connectivity index (χ0n) is 12.4. The normalized spacial score (nSPS) is 11.7. The van der Waals surface area contributed by atoms with Crippen LogP contribution in [0.25, 0.3) is 0 Å². The SMILES string of the molecule is Cc1ccsc1/C=N/Nc1c([N+](=O)[O-])cc(C(F)(F)F)cc1[N+](=O)[O-]. The summed E-state index contributed by atoms with van der Waals surface area (Å²) in [5.74, 6) is 0. The van der Waals surface area contributed by atoms with Crippen molar-refractivity contribution in [3.63, 3.8) is 0 Å². The number of benzene rings is 1. The number of hydrogen-bond donors (Lipinski definition) is 1. The molecule has 1 heterocycles. The summed E-state index contributed by atoms with van der Waals surface area (Å²) in [5.41, 5.74) is -1.44. The lowest BCUT2D eigenvalue weighted by Crippen LogP contribution is -2.09. The summed E-state index contributed by atoms with van der Waals surface area (Å²) in [4.78, 5) is 20.5. The Bertz CT molecular complexity index is 828. The summed E-state index contributed by atoms with van der Waals surface area (Å²) in [6.45, 7) is 1.78. The van der Waals surface area contributed by atoms with Gasteiger partial charge in [-0.2, -0.15) is 18.3 Å². The van der Waals surface area contributed by atoms with E-state index in [9.17, 15) is 33.4 Å². The summed E-state index contributed by atoms with van der Waals surface area (Å²) in [6.07, 6.45) is -3.70. The molecule has 0 spiro atoms. The highest BCUT2D eigenvalue weighted by molar-refractivity contribution is 7.11. The molecule has 2 rings (SSSR count). The average Bonchev–Trinajstić information content (AvgIpc) is 2.91. The molecule has 12 heteroatoms. The topological polar surface area (TPSA) is 111 Å². The molecule has 0 unspecified atom stereocenters. The van der Waals surface area contributed by atoms with E-state index in [0.29, 0.717) is 4.88 Å². The Morgan fingerprint density at radius 1 is 1.20 bits per heavy atom. The van der Waals surface area contributed by atoms with Crippen molar-refractivity contribution in [2.75, 3.05) is 5.43 Å². The van der Waals surface area contributed by atoms with E-state index in [1.807, 2.05) is 0 Å². The number of thiophene rings is 1. The second kappa shape index (κ2) is 6.84. The molecule has 0 fully saturated rings. The van der Waals surface area contributed by atoms with Crippen molar-refractivity contribution in [1.29, 1.82) is 0 Å². The summed E-state index contributed by atoms with van der Waals surface area (Å²) >= 11 is 1.31. The Balaban J connectivity index is 2.51.